The second-order valence-corrected chi connectivity index (χ2v) is 8.17. The van der Waals surface area contributed by atoms with Crippen LogP contribution in [0.5, 0.6) is 0 Å². The van der Waals surface area contributed by atoms with E-state index in [1.54, 1.807) is 0 Å². The maximum Gasteiger partial charge on any atom is 0.0568 e. The molecule has 3 heteroatoms. The predicted molar refractivity (Wildman–Crippen MR) is 127 cm³/mol. The molecule has 2 heterocycles. The van der Waals surface area contributed by atoms with Crippen LogP contribution in [0.15, 0.2) is 73.6 Å². The monoisotopic (exact) mass is 393 g/mol. The molecule has 30 heavy (non-hydrogen) atoms. The molecule has 0 radical (unpaired) electrons. The molecule has 5 rings (SSSR count). The molecular formula is C27H27N3. The fraction of sp³-hybridized carbons (Fsp3) is 0.222. The van der Waals surface area contributed by atoms with Gasteiger partial charge in [-0.3, -0.25) is 4.68 Å². The van der Waals surface area contributed by atoms with Gasteiger partial charge in [-0.1, -0.05) is 43.8 Å². The number of nitrogens with zero attached hydrogens (tertiary/aromatic N) is 3. The average Bonchev–Trinajstić information content (AvgIpc) is 3.23. The Labute approximate surface area is 178 Å². The minimum absolute atomic E-state index is 0.970. The number of hydrogen-bond donors (Lipinski definition) is 0. The molecule has 0 N–H and O–H groups in total. The number of rotatable bonds is 4. The van der Waals surface area contributed by atoms with Gasteiger partial charge < -0.3 is 4.90 Å². The van der Waals surface area contributed by atoms with E-state index >= 15 is 0 Å². The number of benzene rings is 3. The van der Waals surface area contributed by atoms with Crippen LogP contribution >= 0.6 is 0 Å². The molecule has 0 atom stereocenters. The van der Waals surface area contributed by atoms with Crippen molar-refractivity contribution >= 4 is 27.7 Å². The van der Waals surface area contributed by atoms with Crippen LogP contribution in [0, 0.1) is 0 Å². The predicted octanol–water partition coefficient (Wildman–Crippen LogP) is 6.75. The Morgan fingerprint density at radius 1 is 1.03 bits per heavy atom. The van der Waals surface area contributed by atoms with Crippen molar-refractivity contribution in [3.05, 3.63) is 84.7 Å². The van der Waals surface area contributed by atoms with E-state index in [1.165, 1.54) is 50.0 Å². The molecule has 0 bridgehead atoms. The fourth-order valence-corrected chi connectivity index (χ4v) is 4.51. The molecule has 3 nitrogen and oxygen atoms in total. The lowest BCUT2D eigenvalue weighted by atomic mass is 9.95. The zero-order chi connectivity index (χ0) is 20.7. The van der Waals surface area contributed by atoms with E-state index < -0.39 is 0 Å². The van der Waals surface area contributed by atoms with E-state index in [-0.39, 0.29) is 0 Å². The van der Waals surface area contributed by atoms with Crippen LogP contribution in [0.25, 0.3) is 27.5 Å². The quantitative estimate of drug-likeness (QED) is 0.382. The summed E-state index contributed by atoms with van der Waals surface area (Å²) in [5.74, 6) is 0. The number of aromatic nitrogens is 2. The third kappa shape index (κ3) is 3.21. The molecule has 0 aliphatic carbocycles. The SMILES string of the molecule is C=C(CC)c1ccc2cccc(N3CCCc4cc(-c5cnn(C)c5)ccc43)c2c1. The van der Waals surface area contributed by atoms with Crippen molar-refractivity contribution in [2.45, 2.75) is 26.2 Å². The summed E-state index contributed by atoms with van der Waals surface area (Å²) in [4.78, 5) is 2.49. The van der Waals surface area contributed by atoms with Crippen LogP contribution in [0.2, 0.25) is 0 Å². The van der Waals surface area contributed by atoms with E-state index in [0.29, 0.717) is 0 Å². The first-order valence-corrected chi connectivity index (χ1v) is 10.7. The van der Waals surface area contributed by atoms with Gasteiger partial charge in [-0.05, 0) is 71.2 Å². The van der Waals surface area contributed by atoms with Crippen molar-refractivity contribution in [3.63, 3.8) is 0 Å². The summed E-state index contributed by atoms with van der Waals surface area (Å²) < 4.78 is 1.86. The Balaban J connectivity index is 1.61. The molecule has 1 aliphatic heterocycles. The Morgan fingerprint density at radius 3 is 2.73 bits per heavy atom. The minimum Gasteiger partial charge on any atom is -0.341 e. The standard InChI is InChI=1S/C27H27N3/c1-4-19(2)21-11-10-20-7-5-9-27(25(20)16-21)30-14-6-8-23-15-22(12-13-26(23)30)24-17-28-29(3)18-24/h5,7,9-13,15-18H,2,4,6,8,14H2,1,3H3. The van der Waals surface area contributed by atoms with Crippen LogP contribution in [0.3, 0.4) is 0 Å². The van der Waals surface area contributed by atoms with Gasteiger partial charge in [-0.25, -0.2) is 0 Å². The number of fused-ring (bicyclic) bond motifs is 2. The number of aryl methyl sites for hydroxylation is 2. The van der Waals surface area contributed by atoms with Crippen molar-refractivity contribution in [2.75, 3.05) is 11.4 Å². The van der Waals surface area contributed by atoms with E-state index in [9.17, 15) is 0 Å². The summed E-state index contributed by atoms with van der Waals surface area (Å²) in [7, 11) is 1.96. The summed E-state index contributed by atoms with van der Waals surface area (Å²) in [5.41, 5.74) is 8.85. The number of anilines is 2. The Kier molecular flexibility index (Phi) is 4.66. The van der Waals surface area contributed by atoms with Gasteiger partial charge in [-0.15, -0.1) is 0 Å². The smallest absolute Gasteiger partial charge is 0.0568 e. The highest BCUT2D eigenvalue weighted by Gasteiger charge is 2.21. The summed E-state index contributed by atoms with van der Waals surface area (Å²) in [6.45, 7) is 7.45. The Bertz CT molecular complexity index is 1250. The molecular weight excluding hydrogens is 366 g/mol. The lowest BCUT2D eigenvalue weighted by molar-refractivity contribution is 0.767. The Morgan fingerprint density at radius 2 is 1.93 bits per heavy atom. The normalized spacial score (nSPS) is 13.5. The molecule has 1 aliphatic rings. The Hall–Kier alpha value is -3.33. The van der Waals surface area contributed by atoms with Gasteiger partial charge in [0.1, 0.15) is 0 Å². The summed E-state index contributed by atoms with van der Waals surface area (Å²) in [5, 5.41) is 6.91. The lowest BCUT2D eigenvalue weighted by Gasteiger charge is -2.32. The molecule has 0 saturated carbocycles. The molecule has 150 valence electrons. The zero-order valence-corrected chi connectivity index (χ0v) is 17.7. The highest BCUT2D eigenvalue weighted by Crippen LogP contribution is 2.39. The van der Waals surface area contributed by atoms with Crippen molar-refractivity contribution in [1.29, 1.82) is 0 Å². The van der Waals surface area contributed by atoms with Crippen LogP contribution < -0.4 is 4.90 Å². The summed E-state index contributed by atoms with van der Waals surface area (Å²) >= 11 is 0. The molecule has 4 aromatic rings. The molecule has 0 amide bonds. The van der Waals surface area contributed by atoms with Gasteiger partial charge in [-0.2, -0.15) is 5.10 Å². The van der Waals surface area contributed by atoms with Crippen molar-refractivity contribution in [3.8, 4) is 11.1 Å². The van der Waals surface area contributed by atoms with E-state index in [4.69, 9.17) is 0 Å². The zero-order valence-electron chi connectivity index (χ0n) is 17.7. The first kappa shape index (κ1) is 18.7. The number of hydrogen-bond acceptors (Lipinski definition) is 2. The van der Waals surface area contributed by atoms with Crippen LogP contribution in [0.1, 0.15) is 30.9 Å². The third-order valence-corrected chi connectivity index (χ3v) is 6.22. The fourth-order valence-electron chi connectivity index (χ4n) is 4.51. The molecule has 1 aromatic heterocycles. The first-order valence-electron chi connectivity index (χ1n) is 10.7. The van der Waals surface area contributed by atoms with E-state index in [2.05, 4.69) is 84.3 Å². The van der Waals surface area contributed by atoms with Gasteiger partial charge in [0, 0.05) is 42.1 Å². The van der Waals surface area contributed by atoms with Gasteiger partial charge in [0.05, 0.1) is 6.20 Å². The maximum absolute atomic E-state index is 4.33. The average molecular weight is 394 g/mol. The summed E-state index contributed by atoms with van der Waals surface area (Å²) in [6, 6.07) is 20.2. The van der Waals surface area contributed by atoms with Gasteiger partial charge in [0.2, 0.25) is 0 Å². The van der Waals surface area contributed by atoms with Crippen molar-refractivity contribution in [2.24, 2.45) is 7.05 Å². The molecule has 0 unspecified atom stereocenters. The van der Waals surface area contributed by atoms with Crippen LogP contribution in [-0.2, 0) is 13.5 Å². The molecule has 0 fully saturated rings. The third-order valence-electron chi connectivity index (χ3n) is 6.22. The second kappa shape index (κ2) is 7.49. The lowest BCUT2D eigenvalue weighted by Crippen LogP contribution is -2.24. The van der Waals surface area contributed by atoms with E-state index in [1.807, 2.05) is 17.9 Å². The van der Waals surface area contributed by atoms with Crippen LogP contribution in [-0.4, -0.2) is 16.3 Å². The molecule has 0 saturated heterocycles. The van der Waals surface area contributed by atoms with Crippen LogP contribution in [0.4, 0.5) is 11.4 Å². The largest absolute Gasteiger partial charge is 0.341 e. The molecule has 3 aromatic carbocycles. The summed E-state index contributed by atoms with van der Waals surface area (Å²) in [6.07, 6.45) is 7.26. The van der Waals surface area contributed by atoms with Crippen molar-refractivity contribution < 1.29 is 0 Å². The topological polar surface area (TPSA) is 21.1 Å². The maximum atomic E-state index is 4.33. The number of allylic oxidation sites excluding steroid dienone is 1. The van der Waals surface area contributed by atoms with Gasteiger partial charge in [0.25, 0.3) is 0 Å². The van der Waals surface area contributed by atoms with Gasteiger partial charge in [0.15, 0.2) is 0 Å². The first-order chi connectivity index (χ1) is 14.6. The minimum atomic E-state index is 0.970. The van der Waals surface area contributed by atoms with Gasteiger partial charge >= 0.3 is 0 Å². The highest BCUT2D eigenvalue weighted by molar-refractivity contribution is 5.98. The van der Waals surface area contributed by atoms with Crippen molar-refractivity contribution in [1.82, 2.24) is 9.78 Å². The second-order valence-electron chi connectivity index (χ2n) is 8.17. The van der Waals surface area contributed by atoms with E-state index in [0.717, 1.165) is 25.8 Å². The highest BCUT2D eigenvalue weighted by atomic mass is 15.2. The molecule has 0 spiro atoms.